The number of nitrogens with one attached hydrogen (secondary N) is 1. The molecule has 1 fully saturated rings. The highest BCUT2D eigenvalue weighted by Crippen LogP contribution is 2.33. The van der Waals surface area contributed by atoms with Gasteiger partial charge < -0.3 is 9.88 Å². The predicted octanol–water partition coefficient (Wildman–Crippen LogP) is 3.13. The van der Waals surface area contributed by atoms with Crippen LogP contribution < -0.4 is 5.32 Å². The van der Waals surface area contributed by atoms with Gasteiger partial charge in [0.15, 0.2) is 0 Å². The summed E-state index contributed by atoms with van der Waals surface area (Å²) in [6.07, 6.45) is 0.896. The molecule has 1 amide bonds. The molecule has 1 saturated heterocycles. The minimum absolute atomic E-state index is 0.147. The second-order valence-corrected chi connectivity index (χ2v) is 9.06. The van der Waals surface area contributed by atoms with Gasteiger partial charge in [0.1, 0.15) is 5.82 Å². The Morgan fingerprint density at radius 2 is 1.77 bits per heavy atom. The molecule has 6 nitrogen and oxygen atoms in total. The van der Waals surface area contributed by atoms with Crippen molar-refractivity contribution in [3.05, 3.63) is 82.4 Å². The van der Waals surface area contributed by atoms with Gasteiger partial charge in [-0.25, -0.2) is 0 Å². The molecular weight excluding hydrogens is 386 g/mol. The van der Waals surface area contributed by atoms with Crippen LogP contribution in [-0.4, -0.2) is 38.7 Å². The number of hydrogen-bond donors (Lipinski definition) is 1. The van der Waals surface area contributed by atoms with Gasteiger partial charge in [0, 0.05) is 39.1 Å². The van der Waals surface area contributed by atoms with E-state index in [2.05, 4.69) is 52.5 Å². The minimum atomic E-state index is -0.147. The molecule has 160 valence electrons. The third-order valence-electron chi connectivity index (χ3n) is 6.82. The molecule has 2 aliphatic rings. The quantitative estimate of drug-likeness (QED) is 0.695. The van der Waals surface area contributed by atoms with Crippen LogP contribution in [0.3, 0.4) is 0 Å². The van der Waals surface area contributed by atoms with Crippen molar-refractivity contribution in [1.29, 1.82) is 0 Å². The van der Waals surface area contributed by atoms with Crippen molar-refractivity contribution in [2.24, 2.45) is 11.8 Å². The van der Waals surface area contributed by atoms with Crippen molar-refractivity contribution in [2.45, 2.75) is 39.9 Å². The number of aromatic nitrogens is 3. The molecule has 1 aromatic heterocycles. The van der Waals surface area contributed by atoms with Crippen molar-refractivity contribution < 1.29 is 4.79 Å². The van der Waals surface area contributed by atoms with Crippen LogP contribution in [0.2, 0.25) is 0 Å². The number of nitrogens with zero attached hydrogens (tertiary/aromatic N) is 4. The fraction of sp³-hybridized carbons (Fsp3) is 0.400. The Morgan fingerprint density at radius 1 is 0.968 bits per heavy atom. The number of rotatable bonds is 5. The number of carbonyl (C=O) groups is 1. The first kappa shape index (κ1) is 19.9. The fourth-order valence-corrected chi connectivity index (χ4v) is 4.94. The predicted molar refractivity (Wildman–Crippen MR) is 120 cm³/mol. The van der Waals surface area contributed by atoms with E-state index in [0.717, 1.165) is 44.0 Å². The number of benzene rings is 2. The summed E-state index contributed by atoms with van der Waals surface area (Å²) in [4.78, 5) is 15.3. The van der Waals surface area contributed by atoms with Crippen LogP contribution in [0.25, 0.3) is 0 Å². The molecule has 3 aromatic rings. The Morgan fingerprint density at radius 3 is 2.58 bits per heavy atom. The summed E-state index contributed by atoms with van der Waals surface area (Å²) in [5, 5.41) is 11.6. The molecule has 2 aromatic carbocycles. The summed E-state index contributed by atoms with van der Waals surface area (Å²) in [7, 11) is 0. The first-order chi connectivity index (χ1) is 15.1. The van der Waals surface area contributed by atoms with Gasteiger partial charge >= 0.3 is 0 Å². The van der Waals surface area contributed by atoms with Crippen LogP contribution >= 0.6 is 0 Å². The van der Waals surface area contributed by atoms with Crippen molar-refractivity contribution in [3.8, 4) is 0 Å². The van der Waals surface area contributed by atoms with E-state index in [1.807, 2.05) is 34.9 Å². The standard InChI is InChI=1S/C25H29N5O/c1-17-8-9-20(10-18(17)2)13-29-14-21-11-23-27-28-24(30(23)16-22(21)15-29)25(31)26-12-19-6-4-3-5-7-19/h3-10,21-22H,11-16H2,1-2H3,(H,26,31). The molecule has 0 bridgehead atoms. The van der Waals surface area contributed by atoms with Crippen molar-refractivity contribution in [3.63, 3.8) is 0 Å². The Hall–Kier alpha value is -2.99. The van der Waals surface area contributed by atoms with Gasteiger partial charge in [-0.15, -0.1) is 10.2 Å². The maximum atomic E-state index is 12.8. The van der Waals surface area contributed by atoms with Gasteiger partial charge in [-0.2, -0.15) is 0 Å². The number of aryl methyl sites for hydroxylation is 2. The zero-order valence-electron chi connectivity index (χ0n) is 18.2. The van der Waals surface area contributed by atoms with Crippen molar-refractivity contribution in [1.82, 2.24) is 25.0 Å². The highest BCUT2D eigenvalue weighted by molar-refractivity contribution is 5.90. The highest BCUT2D eigenvalue weighted by atomic mass is 16.2. The number of carbonyl (C=O) groups excluding carboxylic acids is 1. The zero-order chi connectivity index (χ0) is 21.4. The molecule has 2 unspecified atom stereocenters. The maximum absolute atomic E-state index is 12.8. The van der Waals surface area contributed by atoms with Crippen LogP contribution in [0.15, 0.2) is 48.5 Å². The van der Waals surface area contributed by atoms with Gasteiger partial charge in [-0.1, -0.05) is 48.5 Å². The van der Waals surface area contributed by atoms with Gasteiger partial charge in [-0.05, 0) is 47.9 Å². The van der Waals surface area contributed by atoms with Gasteiger partial charge in [0.25, 0.3) is 5.91 Å². The molecule has 0 radical (unpaired) electrons. The summed E-state index contributed by atoms with van der Waals surface area (Å²) < 4.78 is 2.04. The lowest BCUT2D eigenvalue weighted by molar-refractivity contribution is 0.0932. The van der Waals surface area contributed by atoms with E-state index in [4.69, 9.17) is 0 Å². The molecule has 0 saturated carbocycles. The third-order valence-corrected chi connectivity index (χ3v) is 6.82. The van der Waals surface area contributed by atoms with E-state index in [1.165, 1.54) is 16.7 Å². The first-order valence-electron chi connectivity index (χ1n) is 11.1. The van der Waals surface area contributed by atoms with Crippen molar-refractivity contribution in [2.75, 3.05) is 13.1 Å². The van der Waals surface area contributed by atoms with Crippen molar-refractivity contribution >= 4 is 5.91 Å². The number of hydrogen-bond acceptors (Lipinski definition) is 4. The SMILES string of the molecule is Cc1ccc(CN2CC3Cc4nnc(C(=O)NCc5ccccc5)n4CC3C2)cc1C. The second-order valence-electron chi connectivity index (χ2n) is 9.06. The molecule has 6 heteroatoms. The summed E-state index contributed by atoms with van der Waals surface area (Å²) in [6, 6.07) is 16.7. The lowest BCUT2D eigenvalue weighted by Gasteiger charge is -2.25. The number of amides is 1. The van der Waals surface area contributed by atoms with E-state index in [0.29, 0.717) is 24.2 Å². The van der Waals surface area contributed by atoms with Gasteiger partial charge in [0.2, 0.25) is 5.82 Å². The van der Waals surface area contributed by atoms with E-state index in [1.54, 1.807) is 0 Å². The van der Waals surface area contributed by atoms with Crippen LogP contribution in [-0.2, 0) is 26.1 Å². The topological polar surface area (TPSA) is 63.1 Å². The average molecular weight is 416 g/mol. The van der Waals surface area contributed by atoms with Crippen LogP contribution in [0.1, 0.15) is 38.7 Å². The lowest BCUT2D eigenvalue weighted by atomic mass is 9.89. The molecule has 31 heavy (non-hydrogen) atoms. The monoisotopic (exact) mass is 415 g/mol. The van der Waals surface area contributed by atoms with Crippen LogP contribution in [0.5, 0.6) is 0 Å². The summed E-state index contributed by atoms with van der Waals surface area (Å²) >= 11 is 0. The summed E-state index contributed by atoms with van der Waals surface area (Å²) in [6.45, 7) is 8.78. The Bertz CT molecular complexity index is 1090. The van der Waals surface area contributed by atoms with Crippen LogP contribution in [0.4, 0.5) is 0 Å². The average Bonchev–Trinajstić information content (AvgIpc) is 3.36. The maximum Gasteiger partial charge on any atom is 0.289 e. The first-order valence-corrected chi connectivity index (χ1v) is 11.1. The number of likely N-dealkylation sites (tertiary alicyclic amines) is 1. The third kappa shape index (κ3) is 4.12. The molecule has 1 N–H and O–H groups in total. The molecule has 2 aliphatic heterocycles. The van der Waals surface area contributed by atoms with E-state index in [9.17, 15) is 4.79 Å². The second kappa shape index (κ2) is 8.27. The van der Waals surface area contributed by atoms with E-state index < -0.39 is 0 Å². The largest absolute Gasteiger partial charge is 0.345 e. The molecule has 0 aliphatic carbocycles. The Balaban J connectivity index is 1.23. The summed E-state index contributed by atoms with van der Waals surface area (Å²) in [5.41, 5.74) is 5.15. The molecule has 2 atom stereocenters. The summed E-state index contributed by atoms with van der Waals surface area (Å²) in [5.74, 6) is 2.36. The minimum Gasteiger partial charge on any atom is -0.345 e. The highest BCUT2D eigenvalue weighted by Gasteiger charge is 2.39. The van der Waals surface area contributed by atoms with Crippen LogP contribution in [0, 0.1) is 25.7 Å². The number of fused-ring (bicyclic) bond motifs is 2. The molecule has 5 rings (SSSR count). The molecular formula is C25H29N5O. The lowest BCUT2D eigenvalue weighted by Crippen LogP contribution is -2.32. The Labute approximate surface area is 183 Å². The van der Waals surface area contributed by atoms with Gasteiger partial charge in [0.05, 0.1) is 0 Å². The van der Waals surface area contributed by atoms with E-state index in [-0.39, 0.29) is 5.91 Å². The smallest absolute Gasteiger partial charge is 0.289 e. The Kier molecular flexibility index (Phi) is 5.32. The fourth-order valence-electron chi connectivity index (χ4n) is 4.94. The van der Waals surface area contributed by atoms with E-state index >= 15 is 0 Å². The zero-order valence-corrected chi connectivity index (χ0v) is 18.2. The van der Waals surface area contributed by atoms with Gasteiger partial charge in [-0.3, -0.25) is 9.69 Å². The molecule has 3 heterocycles. The normalized spacial score (nSPS) is 20.3. The molecule has 0 spiro atoms.